The van der Waals surface area contributed by atoms with E-state index in [4.69, 9.17) is 5.11 Å². The monoisotopic (exact) mass is 292 g/mol. The van der Waals surface area contributed by atoms with Gasteiger partial charge < -0.3 is 5.11 Å². The van der Waals surface area contributed by atoms with Crippen LogP contribution in [0.25, 0.3) is 16.8 Å². The minimum atomic E-state index is -0.926. The average molecular weight is 292 g/mol. The van der Waals surface area contributed by atoms with Gasteiger partial charge in [0.05, 0.1) is 16.9 Å². The van der Waals surface area contributed by atoms with Crippen molar-refractivity contribution in [2.24, 2.45) is 0 Å². The molecule has 0 atom stereocenters. The molecule has 4 heteroatoms. The van der Waals surface area contributed by atoms with Crippen LogP contribution >= 0.6 is 0 Å². The fourth-order valence-electron chi connectivity index (χ4n) is 2.66. The maximum atomic E-state index is 10.9. The van der Waals surface area contributed by atoms with E-state index in [2.05, 4.69) is 17.2 Å². The first-order valence-electron chi connectivity index (χ1n) is 7.03. The summed E-state index contributed by atoms with van der Waals surface area (Å²) in [5, 5.41) is 13.6. The molecule has 4 nitrogen and oxygen atoms in total. The lowest BCUT2D eigenvalue weighted by molar-refractivity contribution is 0.0697. The van der Waals surface area contributed by atoms with Crippen molar-refractivity contribution in [1.29, 1.82) is 0 Å². The van der Waals surface area contributed by atoms with Crippen molar-refractivity contribution < 1.29 is 9.90 Å². The van der Waals surface area contributed by atoms with Crippen LogP contribution in [0.1, 0.15) is 21.7 Å². The molecule has 2 aromatic carbocycles. The molecule has 0 spiro atoms. The topological polar surface area (TPSA) is 55.1 Å². The minimum absolute atomic E-state index is 0.272. The van der Waals surface area contributed by atoms with Gasteiger partial charge in [-0.15, -0.1) is 0 Å². The van der Waals surface area contributed by atoms with E-state index >= 15 is 0 Å². The lowest BCUT2D eigenvalue weighted by atomic mass is 10.0. The summed E-state index contributed by atoms with van der Waals surface area (Å²) in [6.45, 7) is 4.00. The van der Waals surface area contributed by atoms with E-state index in [-0.39, 0.29) is 5.56 Å². The van der Waals surface area contributed by atoms with Gasteiger partial charge in [0.25, 0.3) is 0 Å². The number of benzene rings is 2. The van der Waals surface area contributed by atoms with Crippen molar-refractivity contribution in [3.05, 3.63) is 71.5 Å². The summed E-state index contributed by atoms with van der Waals surface area (Å²) in [5.41, 5.74) is 5.35. The highest BCUT2D eigenvalue weighted by molar-refractivity contribution is 5.87. The van der Waals surface area contributed by atoms with Crippen LogP contribution in [0, 0.1) is 13.8 Å². The molecule has 0 aliphatic carbocycles. The zero-order valence-electron chi connectivity index (χ0n) is 12.4. The molecule has 0 bridgehead atoms. The minimum Gasteiger partial charge on any atom is -0.478 e. The Balaban J connectivity index is 2.08. The Morgan fingerprint density at radius 1 is 1.00 bits per heavy atom. The molecule has 0 amide bonds. The average Bonchev–Trinajstić information content (AvgIpc) is 2.83. The molecule has 110 valence electrons. The zero-order valence-corrected chi connectivity index (χ0v) is 12.4. The van der Waals surface area contributed by atoms with Crippen molar-refractivity contribution >= 4 is 5.97 Å². The lowest BCUT2D eigenvalue weighted by Gasteiger charge is -2.06. The fraction of sp³-hybridized carbons (Fsp3) is 0.111. The molecule has 1 N–H and O–H groups in total. The maximum Gasteiger partial charge on any atom is 0.335 e. The predicted octanol–water partition coefficient (Wildman–Crippen LogP) is 3.85. The van der Waals surface area contributed by atoms with Crippen molar-refractivity contribution in [3.8, 4) is 16.8 Å². The third-order valence-corrected chi connectivity index (χ3v) is 3.71. The largest absolute Gasteiger partial charge is 0.478 e. The first kappa shape index (κ1) is 14.1. The second kappa shape index (κ2) is 5.48. The quantitative estimate of drug-likeness (QED) is 0.797. The number of hydrogen-bond acceptors (Lipinski definition) is 2. The predicted molar refractivity (Wildman–Crippen MR) is 85.4 cm³/mol. The van der Waals surface area contributed by atoms with Crippen LogP contribution in [0.3, 0.4) is 0 Å². The molecule has 0 saturated carbocycles. The molecule has 0 fully saturated rings. The van der Waals surface area contributed by atoms with E-state index < -0.39 is 5.97 Å². The molecule has 0 saturated heterocycles. The summed E-state index contributed by atoms with van der Waals surface area (Å²) < 4.78 is 1.85. The second-order valence-electron chi connectivity index (χ2n) is 5.18. The molecule has 0 aliphatic heterocycles. The molecule has 22 heavy (non-hydrogen) atoms. The van der Waals surface area contributed by atoms with Crippen molar-refractivity contribution in [3.63, 3.8) is 0 Å². The highest BCUT2D eigenvalue weighted by Gasteiger charge is 2.14. The van der Waals surface area contributed by atoms with Crippen LogP contribution in [0.4, 0.5) is 0 Å². The Kier molecular flexibility index (Phi) is 3.51. The number of rotatable bonds is 3. The smallest absolute Gasteiger partial charge is 0.335 e. The molecule has 0 radical (unpaired) electrons. The fourth-order valence-corrected chi connectivity index (χ4v) is 2.66. The van der Waals surface area contributed by atoms with E-state index in [0.717, 1.165) is 28.2 Å². The van der Waals surface area contributed by atoms with Gasteiger partial charge in [-0.05, 0) is 43.7 Å². The molecule has 1 aromatic heterocycles. The summed E-state index contributed by atoms with van der Waals surface area (Å²) in [7, 11) is 0. The number of nitrogens with zero attached hydrogens (tertiary/aromatic N) is 2. The van der Waals surface area contributed by atoms with Gasteiger partial charge >= 0.3 is 5.97 Å². The van der Waals surface area contributed by atoms with Crippen molar-refractivity contribution in [2.75, 3.05) is 0 Å². The van der Waals surface area contributed by atoms with Crippen LogP contribution in [-0.4, -0.2) is 20.9 Å². The van der Waals surface area contributed by atoms with Gasteiger partial charge in [-0.2, -0.15) is 5.10 Å². The molecule has 3 rings (SSSR count). The summed E-state index contributed by atoms with van der Waals surface area (Å²) in [5.74, 6) is -0.926. The second-order valence-corrected chi connectivity index (χ2v) is 5.18. The Labute approximate surface area is 128 Å². The standard InChI is InChI=1S/C18H16N2O2/c1-12-17(14-6-4-3-5-7-14)13(2)20(19-12)16-10-8-15(9-11-16)18(21)22/h3-11H,1-2H3,(H,21,22). The third kappa shape index (κ3) is 2.39. The van der Waals surface area contributed by atoms with Gasteiger partial charge in [0.1, 0.15) is 0 Å². The third-order valence-electron chi connectivity index (χ3n) is 3.71. The van der Waals surface area contributed by atoms with Crippen LogP contribution in [-0.2, 0) is 0 Å². The first-order valence-corrected chi connectivity index (χ1v) is 7.03. The molecule has 1 heterocycles. The number of hydrogen-bond donors (Lipinski definition) is 1. The summed E-state index contributed by atoms with van der Waals surface area (Å²) >= 11 is 0. The van der Waals surface area contributed by atoms with Gasteiger partial charge in [-0.3, -0.25) is 0 Å². The Morgan fingerprint density at radius 2 is 1.64 bits per heavy atom. The van der Waals surface area contributed by atoms with Crippen molar-refractivity contribution in [2.45, 2.75) is 13.8 Å². The van der Waals surface area contributed by atoms with Crippen molar-refractivity contribution in [1.82, 2.24) is 9.78 Å². The van der Waals surface area contributed by atoms with Gasteiger partial charge in [0.2, 0.25) is 0 Å². The van der Waals surface area contributed by atoms with E-state index in [1.165, 1.54) is 0 Å². The molecule has 0 aliphatic rings. The first-order chi connectivity index (χ1) is 10.6. The maximum absolute atomic E-state index is 10.9. The molecule has 3 aromatic rings. The van der Waals surface area contributed by atoms with E-state index in [1.54, 1.807) is 24.3 Å². The van der Waals surface area contributed by atoms with Crippen LogP contribution < -0.4 is 0 Å². The Morgan fingerprint density at radius 3 is 2.23 bits per heavy atom. The SMILES string of the molecule is Cc1nn(-c2ccc(C(=O)O)cc2)c(C)c1-c1ccccc1. The van der Waals surface area contributed by atoms with Gasteiger partial charge in [-0.25, -0.2) is 9.48 Å². The lowest BCUT2D eigenvalue weighted by Crippen LogP contribution is -2.01. The van der Waals surface area contributed by atoms with Gasteiger partial charge in [0, 0.05) is 11.3 Å². The number of aromatic carboxylic acids is 1. The molecular formula is C18H16N2O2. The molecule has 0 unspecified atom stereocenters. The Hall–Kier alpha value is -2.88. The van der Waals surface area contributed by atoms with Gasteiger partial charge in [-0.1, -0.05) is 30.3 Å². The van der Waals surface area contributed by atoms with Crippen LogP contribution in [0.15, 0.2) is 54.6 Å². The number of aromatic nitrogens is 2. The number of carboxylic acid groups (broad SMARTS) is 1. The summed E-state index contributed by atoms with van der Waals surface area (Å²) in [6, 6.07) is 16.9. The zero-order chi connectivity index (χ0) is 15.7. The van der Waals surface area contributed by atoms with E-state index in [0.29, 0.717) is 0 Å². The van der Waals surface area contributed by atoms with E-state index in [1.807, 2.05) is 36.7 Å². The number of carboxylic acids is 1. The number of carbonyl (C=O) groups is 1. The highest BCUT2D eigenvalue weighted by Crippen LogP contribution is 2.28. The Bertz CT molecular complexity index is 818. The summed E-state index contributed by atoms with van der Waals surface area (Å²) in [4.78, 5) is 10.9. The van der Waals surface area contributed by atoms with Crippen LogP contribution in [0.2, 0.25) is 0 Å². The van der Waals surface area contributed by atoms with Gasteiger partial charge in [0.15, 0.2) is 0 Å². The summed E-state index contributed by atoms with van der Waals surface area (Å²) in [6.07, 6.45) is 0. The molecular weight excluding hydrogens is 276 g/mol. The number of aryl methyl sites for hydroxylation is 1. The normalized spacial score (nSPS) is 10.6. The van der Waals surface area contributed by atoms with E-state index in [9.17, 15) is 4.79 Å². The van der Waals surface area contributed by atoms with Crippen LogP contribution in [0.5, 0.6) is 0 Å². The highest BCUT2D eigenvalue weighted by atomic mass is 16.4.